The molecule has 2 nitrogen and oxygen atoms in total. The molecule has 0 atom stereocenters. The summed E-state index contributed by atoms with van der Waals surface area (Å²) in [4.78, 5) is 0. The van der Waals surface area contributed by atoms with Crippen molar-refractivity contribution in [1.82, 2.24) is 10.6 Å². The summed E-state index contributed by atoms with van der Waals surface area (Å²) in [6, 6.07) is 1.72. The highest BCUT2D eigenvalue weighted by Crippen LogP contribution is 2.18. The Morgan fingerprint density at radius 3 is 1.14 bits per heavy atom. The molecule has 0 spiro atoms. The zero-order chi connectivity index (χ0) is 15.3. The van der Waals surface area contributed by atoms with E-state index in [1.807, 2.05) is 0 Å². The smallest absolute Gasteiger partial charge is 0.00670 e. The van der Waals surface area contributed by atoms with Crippen molar-refractivity contribution in [2.24, 2.45) is 0 Å². The van der Waals surface area contributed by atoms with Crippen LogP contribution >= 0.6 is 0 Å². The Balaban J connectivity index is 1.23. The molecular formula is C20H40N2. The summed E-state index contributed by atoms with van der Waals surface area (Å²) in [5, 5.41) is 7.45. The van der Waals surface area contributed by atoms with Crippen LogP contribution in [0.5, 0.6) is 0 Å². The van der Waals surface area contributed by atoms with Crippen LogP contribution in [0.1, 0.15) is 103 Å². The minimum atomic E-state index is 0.859. The van der Waals surface area contributed by atoms with Crippen LogP contribution in [0.2, 0.25) is 0 Å². The molecule has 130 valence electrons. The van der Waals surface area contributed by atoms with Crippen LogP contribution in [0.4, 0.5) is 0 Å². The summed E-state index contributed by atoms with van der Waals surface area (Å²) in [7, 11) is 0. The Morgan fingerprint density at radius 1 is 0.455 bits per heavy atom. The van der Waals surface area contributed by atoms with Crippen LogP contribution in [0.3, 0.4) is 0 Å². The lowest BCUT2D eigenvalue weighted by molar-refractivity contribution is 0.485. The summed E-state index contributed by atoms with van der Waals surface area (Å²) >= 11 is 0. The fraction of sp³-hybridized carbons (Fsp3) is 1.00. The summed E-state index contributed by atoms with van der Waals surface area (Å²) in [5.41, 5.74) is 0. The van der Waals surface area contributed by atoms with Gasteiger partial charge in [0, 0.05) is 12.1 Å². The Kier molecular flexibility index (Phi) is 10.3. The van der Waals surface area contributed by atoms with Gasteiger partial charge in [-0.1, -0.05) is 64.2 Å². The molecule has 0 radical (unpaired) electrons. The number of unbranched alkanes of at least 4 members (excludes halogenated alkanes) is 7. The maximum Gasteiger partial charge on any atom is 0.00670 e. The molecule has 0 unspecified atom stereocenters. The molecule has 0 bridgehead atoms. The third-order valence-corrected chi connectivity index (χ3v) is 5.68. The highest BCUT2D eigenvalue weighted by Gasteiger charge is 2.13. The van der Waals surface area contributed by atoms with Crippen LogP contribution in [0, 0.1) is 0 Å². The second-order valence-electron chi connectivity index (χ2n) is 7.70. The lowest BCUT2D eigenvalue weighted by Gasteiger charge is -2.11. The monoisotopic (exact) mass is 308 g/mol. The van der Waals surface area contributed by atoms with E-state index in [2.05, 4.69) is 10.6 Å². The number of nitrogens with one attached hydrogen (secondary N) is 2. The first kappa shape index (κ1) is 18.3. The van der Waals surface area contributed by atoms with Crippen molar-refractivity contribution in [1.29, 1.82) is 0 Å². The van der Waals surface area contributed by atoms with Crippen molar-refractivity contribution in [3.8, 4) is 0 Å². The van der Waals surface area contributed by atoms with Crippen LogP contribution in [0.15, 0.2) is 0 Å². The quantitative estimate of drug-likeness (QED) is 0.459. The Bertz CT molecular complexity index is 216. The van der Waals surface area contributed by atoms with Gasteiger partial charge in [-0.3, -0.25) is 0 Å². The van der Waals surface area contributed by atoms with Gasteiger partial charge in [0.25, 0.3) is 0 Å². The standard InChI is InChI=1S/C20H40N2/c1(3-5-11-17-21-19-13-7-8-14-19)2-4-6-12-18-22-20-15-9-10-16-20/h19-22H,1-18H2. The largest absolute Gasteiger partial charge is 0.314 e. The maximum absolute atomic E-state index is 3.72. The van der Waals surface area contributed by atoms with E-state index in [9.17, 15) is 0 Å². The lowest BCUT2D eigenvalue weighted by Crippen LogP contribution is -2.26. The molecule has 0 aromatic rings. The molecule has 0 heterocycles. The molecule has 0 saturated heterocycles. The molecule has 2 aliphatic carbocycles. The highest BCUT2D eigenvalue weighted by atomic mass is 14.9. The molecule has 0 aliphatic heterocycles. The normalized spacial score (nSPS) is 20.2. The maximum atomic E-state index is 3.72. The van der Waals surface area contributed by atoms with Gasteiger partial charge in [-0.25, -0.2) is 0 Å². The van der Waals surface area contributed by atoms with Gasteiger partial charge >= 0.3 is 0 Å². The molecule has 2 N–H and O–H groups in total. The highest BCUT2D eigenvalue weighted by molar-refractivity contribution is 4.73. The topological polar surface area (TPSA) is 24.1 Å². The van der Waals surface area contributed by atoms with Gasteiger partial charge in [0.05, 0.1) is 0 Å². The van der Waals surface area contributed by atoms with E-state index in [-0.39, 0.29) is 0 Å². The molecule has 2 heteroatoms. The molecule has 2 fully saturated rings. The molecular weight excluding hydrogens is 268 g/mol. The second kappa shape index (κ2) is 12.4. The first-order chi connectivity index (χ1) is 10.9. The molecule has 0 aromatic carbocycles. The minimum absolute atomic E-state index is 0.859. The number of hydrogen-bond acceptors (Lipinski definition) is 2. The first-order valence-corrected chi connectivity index (χ1v) is 10.4. The van der Waals surface area contributed by atoms with Gasteiger partial charge < -0.3 is 10.6 Å². The van der Waals surface area contributed by atoms with E-state index in [0.717, 1.165) is 12.1 Å². The van der Waals surface area contributed by atoms with Crippen molar-refractivity contribution in [2.45, 2.75) is 115 Å². The van der Waals surface area contributed by atoms with Gasteiger partial charge in [0.1, 0.15) is 0 Å². The number of hydrogen-bond donors (Lipinski definition) is 2. The minimum Gasteiger partial charge on any atom is -0.314 e. The van der Waals surface area contributed by atoms with Crippen LogP contribution in [0.25, 0.3) is 0 Å². The van der Waals surface area contributed by atoms with Crippen molar-refractivity contribution < 1.29 is 0 Å². The van der Waals surface area contributed by atoms with Crippen molar-refractivity contribution >= 4 is 0 Å². The molecule has 2 aliphatic rings. The molecule has 0 amide bonds. The van der Waals surface area contributed by atoms with Crippen LogP contribution in [-0.4, -0.2) is 25.2 Å². The van der Waals surface area contributed by atoms with E-state index in [0.29, 0.717) is 0 Å². The SMILES string of the molecule is C(CCCCCNC1CCCC1)CCCCNC1CCCC1. The van der Waals surface area contributed by atoms with Gasteiger partial charge in [0.2, 0.25) is 0 Å². The van der Waals surface area contributed by atoms with Crippen LogP contribution < -0.4 is 10.6 Å². The van der Waals surface area contributed by atoms with E-state index in [1.54, 1.807) is 0 Å². The molecule has 0 aromatic heterocycles. The Labute approximate surface area is 139 Å². The van der Waals surface area contributed by atoms with Crippen molar-refractivity contribution in [2.75, 3.05) is 13.1 Å². The second-order valence-corrected chi connectivity index (χ2v) is 7.70. The van der Waals surface area contributed by atoms with E-state index in [1.165, 1.54) is 116 Å². The fourth-order valence-electron chi connectivity index (χ4n) is 4.18. The van der Waals surface area contributed by atoms with Crippen molar-refractivity contribution in [3.05, 3.63) is 0 Å². The Morgan fingerprint density at radius 2 is 0.773 bits per heavy atom. The van der Waals surface area contributed by atoms with E-state index in [4.69, 9.17) is 0 Å². The summed E-state index contributed by atoms with van der Waals surface area (Å²) < 4.78 is 0. The first-order valence-electron chi connectivity index (χ1n) is 10.4. The van der Waals surface area contributed by atoms with Crippen molar-refractivity contribution in [3.63, 3.8) is 0 Å². The summed E-state index contributed by atoms with van der Waals surface area (Å²) in [6.07, 6.45) is 23.0. The fourth-order valence-corrected chi connectivity index (χ4v) is 4.18. The molecule has 22 heavy (non-hydrogen) atoms. The Hall–Kier alpha value is -0.0800. The third-order valence-electron chi connectivity index (χ3n) is 5.68. The average molecular weight is 309 g/mol. The molecule has 2 saturated carbocycles. The van der Waals surface area contributed by atoms with E-state index >= 15 is 0 Å². The summed E-state index contributed by atoms with van der Waals surface area (Å²) in [6.45, 7) is 2.52. The summed E-state index contributed by atoms with van der Waals surface area (Å²) in [5.74, 6) is 0. The third kappa shape index (κ3) is 8.53. The van der Waals surface area contributed by atoms with Gasteiger partial charge in [-0.2, -0.15) is 0 Å². The van der Waals surface area contributed by atoms with Crippen LogP contribution in [-0.2, 0) is 0 Å². The zero-order valence-corrected chi connectivity index (χ0v) is 14.9. The van der Waals surface area contributed by atoms with Gasteiger partial charge in [0.15, 0.2) is 0 Å². The predicted molar refractivity (Wildman–Crippen MR) is 97.5 cm³/mol. The van der Waals surface area contributed by atoms with Gasteiger partial charge in [-0.05, 0) is 51.6 Å². The average Bonchev–Trinajstić information content (AvgIpc) is 3.21. The van der Waals surface area contributed by atoms with Gasteiger partial charge in [-0.15, -0.1) is 0 Å². The van der Waals surface area contributed by atoms with E-state index < -0.39 is 0 Å². The molecule has 2 rings (SSSR count). The number of rotatable bonds is 13. The zero-order valence-electron chi connectivity index (χ0n) is 14.9. The predicted octanol–water partition coefficient (Wildman–Crippen LogP) is 5.17. The lowest BCUT2D eigenvalue weighted by atomic mass is 10.1.